The molecule has 3 aliphatic heterocycles. The van der Waals surface area contributed by atoms with Gasteiger partial charge < -0.3 is 20.7 Å². The summed E-state index contributed by atoms with van der Waals surface area (Å²) in [6.45, 7) is 0.537. The van der Waals surface area contributed by atoms with Gasteiger partial charge in [-0.25, -0.2) is 9.52 Å². The maximum Gasteiger partial charge on any atom is 0.405 e. The number of rotatable bonds is 5. The minimum atomic E-state index is -4.26. The van der Waals surface area contributed by atoms with Crippen molar-refractivity contribution in [3.05, 3.63) is 42.2 Å². The summed E-state index contributed by atoms with van der Waals surface area (Å²) in [6, 6.07) is 2.22. The summed E-state index contributed by atoms with van der Waals surface area (Å²) in [4.78, 5) is 57.9. The number of allylic oxidation sites excluding steroid dienone is 1. The third-order valence-corrected chi connectivity index (χ3v) is 10.4. The summed E-state index contributed by atoms with van der Waals surface area (Å²) in [6.07, 6.45) is 11.3. The predicted octanol–water partition coefficient (Wildman–Crippen LogP) is 1.82. The first kappa shape index (κ1) is 30.9. The van der Waals surface area contributed by atoms with Crippen LogP contribution in [0.4, 0.5) is 4.79 Å². The predicted molar refractivity (Wildman–Crippen MR) is 155 cm³/mol. The summed E-state index contributed by atoms with van der Waals surface area (Å²) >= 11 is 0. The van der Waals surface area contributed by atoms with Crippen molar-refractivity contribution in [3.8, 4) is 0 Å². The average molecular weight is 617 g/mol. The van der Waals surface area contributed by atoms with E-state index in [1.54, 1.807) is 18.5 Å². The van der Waals surface area contributed by atoms with Crippen molar-refractivity contribution in [2.24, 2.45) is 11.7 Å². The van der Waals surface area contributed by atoms with Crippen LogP contribution in [0.25, 0.3) is 0 Å². The normalized spacial score (nSPS) is 31.4. The number of nitrogens with one attached hydrogen (secondary N) is 2. The highest BCUT2D eigenvalue weighted by Gasteiger charge is 2.61. The highest BCUT2D eigenvalue weighted by Crippen LogP contribution is 2.46. The molecule has 4 amide bonds. The van der Waals surface area contributed by atoms with E-state index in [0.717, 1.165) is 24.8 Å². The van der Waals surface area contributed by atoms with E-state index in [0.29, 0.717) is 44.9 Å². The summed E-state index contributed by atoms with van der Waals surface area (Å²) in [5.74, 6) is -2.25. The molecule has 43 heavy (non-hydrogen) atoms. The lowest BCUT2D eigenvalue weighted by Crippen LogP contribution is -2.58. The number of nitrogens with two attached hydrogens (primary N) is 1. The molecule has 13 nitrogen and oxygen atoms in total. The van der Waals surface area contributed by atoms with Gasteiger partial charge in [-0.15, -0.1) is 0 Å². The number of piperidine rings is 1. The number of pyridine rings is 1. The molecule has 2 saturated heterocycles. The second-order valence-electron chi connectivity index (χ2n) is 11.8. The van der Waals surface area contributed by atoms with Crippen LogP contribution in [0.1, 0.15) is 82.2 Å². The highest BCUT2D eigenvalue weighted by molar-refractivity contribution is 7.87. The zero-order valence-corrected chi connectivity index (χ0v) is 25.0. The average Bonchev–Trinajstić information content (AvgIpc) is 3.45. The van der Waals surface area contributed by atoms with Gasteiger partial charge in [-0.1, -0.05) is 31.1 Å². The molecule has 4 heterocycles. The minimum Gasteiger partial charge on any atom is -0.436 e. The van der Waals surface area contributed by atoms with Crippen LogP contribution in [-0.4, -0.2) is 77.2 Å². The Balaban J connectivity index is 1.37. The Morgan fingerprint density at radius 3 is 2.60 bits per heavy atom. The third-order valence-electron chi connectivity index (χ3n) is 8.90. The number of ether oxygens (including phenoxy) is 1. The molecule has 5 atom stereocenters. The van der Waals surface area contributed by atoms with Gasteiger partial charge in [0, 0.05) is 31.4 Å². The van der Waals surface area contributed by atoms with Crippen LogP contribution in [0.15, 0.2) is 36.7 Å². The van der Waals surface area contributed by atoms with Gasteiger partial charge in [-0.05, 0) is 69.4 Å². The van der Waals surface area contributed by atoms with Crippen molar-refractivity contribution in [2.45, 2.75) is 94.4 Å². The third kappa shape index (κ3) is 6.85. The largest absolute Gasteiger partial charge is 0.436 e. The molecule has 234 valence electrons. The highest BCUT2D eigenvalue weighted by atomic mass is 32.2. The molecule has 1 saturated carbocycles. The van der Waals surface area contributed by atoms with E-state index < -0.39 is 63.7 Å². The molecule has 0 spiro atoms. The van der Waals surface area contributed by atoms with Gasteiger partial charge in [0.2, 0.25) is 5.91 Å². The molecule has 14 heteroatoms. The minimum absolute atomic E-state index is 0.233. The molecule has 0 aromatic carbocycles. The first-order valence-corrected chi connectivity index (χ1v) is 16.6. The Morgan fingerprint density at radius 2 is 1.84 bits per heavy atom. The monoisotopic (exact) mass is 616 g/mol. The summed E-state index contributed by atoms with van der Waals surface area (Å²) in [7, 11) is -4.26. The Labute approximate surface area is 251 Å². The van der Waals surface area contributed by atoms with E-state index >= 15 is 0 Å². The Bertz CT molecular complexity index is 1360. The van der Waals surface area contributed by atoms with Gasteiger partial charge in [-0.2, -0.15) is 12.7 Å². The molecular formula is C29H40N6O7S. The number of primary amides is 1. The molecule has 5 unspecified atom stereocenters. The second kappa shape index (κ2) is 13.0. The van der Waals surface area contributed by atoms with Gasteiger partial charge in [0.1, 0.15) is 11.6 Å². The Morgan fingerprint density at radius 1 is 1.05 bits per heavy atom. The first-order chi connectivity index (χ1) is 20.6. The van der Waals surface area contributed by atoms with Gasteiger partial charge in [0.05, 0.1) is 6.04 Å². The van der Waals surface area contributed by atoms with Crippen LogP contribution in [-0.2, 0) is 29.3 Å². The van der Waals surface area contributed by atoms with Gasteiger partial charge in [0.15, 0.2) is 6.10 Å². The molecule has 1 aromatic rings. The lowest BCUT2D eigenvalue weighted by molar-refractivity contribution is -0.146. The van der Waals surface area contributed by atoms with Crippen LogP contribution >= 0.6 is 0 Å². The fourth-order valence-corrected chi connectivity index (χ4v) is 8.01. The van der Waals surface area contributed by atoms with Crippen molar-refractivity contribution >= 4 is 34.0 Å². The van der Waals surface area contributed by atoms with Crippen LogP contribution in [0.5, 0.6) is 0 Å². The second-order valence-corrected chi connectivity index (χ2v) is 13.4. The van der Waals surface area contributed by atoms with E-state index in [1.165, 1.54) is 9.21 Å². The van der Waals surface area contributed by atoms with Crippen LogP contribution in [0, 0.1) is 5.92 Å². The number of carbonyl (C=O) groups is 4. The fourth-order valence-electron chi connectivity index (χ4n) is 6.54. The Hall–Kier alpha value is -3.52. The number of carbonyl (C=O) groups excluding carboxylic acids is 4. The quantitative estimate of drug-likeness (QED) is 0.419. The van der Waals surface area contributed by atoms with Gasteiger partial charge >= 0.3 is 16.3 Å². The molecule has 5 rings (SSSR count). The van der Waals surface area contributed by atoms with Crippen LogP contribution in [0.2, 0.25) is 0 Å². The molecule has 1 aliphatic carbocycles. The molecule has 4 N–H and O–H groups in total. The van der Waals surface area contributed by atoms with Crippen molar-refractivity contribution in [2.75, 3.05) is 13.1 Å². The summed E-state index contributed by atoms with van der Waals surface area (Å²) in [5.41, 5.74) is 4.51. The number of hydrogen-bond acceptors (Lipinski definition) is 8. The SMILES string of the molecule is NC(=O)OC1CCCCC/C=C\C2CC2(C(=O)NS(=O)(=O)N2CCCCC2c2cccnc2)NC(=O)C2CCCN2C1=O. The zero-order valence-electron chi connectivity index (χ0n) is 24.2. The van der Waals surface area contributed by atoms with Gasteiger partial charge in [0.25, 0.3) is 11.8 Å². The number of amides is 4. The number of fused-ring (bicyclic) bond motifs is 2. The van der Waals surface area contributed by atoms with Gasteiger partial charge in [-0.3, -0.25) is 19.4 Å². The number of nitrogens with zero attached hydrogens (tertiary/aromatic N) is 3. The van der Waals surface area contributed by atoms with E-state index in [4.69, 9.17) is 10.5 Å². The molecule has 3 fully saturated rings. The van der Waals surface area contributed by atoms with Crippen molar-refractivity contribution < 1.29 is 32.3 Å². The maximum absolute atomic E-state index is 13.8. The smallest absolute Gasteiger partial charge is 0.405 e. The molecule has 1 aromatic heterocycles. The topological polar surface area (TPSA) is 181 Å². The zero-order chi connectivity index (χ0) is 30.6. The van der Waals surface area contributed by atoms with Crippen molar-refractivity contribution in [1.29, 1.82) is 0 Å². The molecule has 0 radical (unpaired) electrons. The van der Waals surface area contributed by atoms with E-state index in [2.05, 4.69) is 15.0 Å². The van der Waals surface area contributed by atoms with E-state index in [1.807, 2.05) is 18.2 Å². The van der Waals surface area contributed by atoms with Crippen LogP contribution < -0.4 is 15.8 Å². The standard InChI is InChI=1S/C29H40N6O7S/c30-28(39)42-24-14-5-3-1-2-4-11-21-18-29(21,32-25(36)23-13-9-16-34(23)26(24)37)27(38)33-43(40,41)35-17-7-6-12-22(35)20-10-8-15-31-19-20/h4,8,10-11,15,19,21-24H,1-3,5-7,9,12-14,16-18H2,(H2,30,39)(H,32,36)(H,33,38)/b11-4-. The maximum atomic E-state index is 13.8. The lowest BCUT2D eigenvalue weighted by atomic mass is 9.99. The van der Waals surface area contributed by atoms with Crippen molar-refractivity contribution in [1.82, 2.24) is 24.2 Å². The summed E-state index contributed by atoms with van der Waals surface area (Å²) in [5, 5.41) is 2.83. The van der Waals surface area contributed by atoms with E-state index in [9.17, 15) is 27.6 Å². The first-order valence-electron chi connectivity index (χ1n) is 15.1. The number of hydrogen-bond donors (Lipinski definition) is 3. The lowest BCUT2D eigenvalue weighted by Gasteiger charge is -2.35. The molecular weight excluding hydrogens is 576 g/mol. The summed E-state index contributed by atoms with van der Waals surface area (Å²) < 4.78 is 36.0. The van der Waals surface area contributed by atoms with Crippen LogP contribution in [0.3, 0.4) is 0 Å². The van der Waals surface area contributed by atoms with Crippen molar-refractivity contribution in [3.63, 3.8) is 0 Å². The number of aromatic nitrogens is 1. The molecule has 4 aliphatic rings. The fraction of sp³-hybridized carbons (Fsp3) is 0.621. The molecule has 0 bridgehead atoms. The van der Waals surface area contributed by atoms with E-state index in [-0.39, 0.29) is 19.5 Å². The Kier molecular flexibility index (Phi) is 9.35.